The minimum absolute atomic E-state index is 0.0313. The van der Waals surface area contributed by atoms with Crippen molar-refractivity contribution in [3.63, 3.8) is 0 Å². The second-order valence-electron chi connectivity index (χ2n) is 7.37. The van der Waals surface area contributed by atoms with Gasteiger partial charge in [-0.15, -0.1) is 0 Å². The van der Waals surface area contributed by atoms with Crippen molar-refractivity contribution in [1.29, 1.82) is 0 Å². The molecule has 1 aromatic rings. The summed E-state index contributed by atoms with van der Waals surface area (Å²) < 4.78 is 36.7. The van der Waals surface area contributed by atoms with Gasteiger partial charge in [0.25, 0.3) is 0 Å². The third kappa shape index (κ3) is 4.09. The molecule has 4 rings (SSSR count). The lowest BCUT2D eigenvalue weighted by Gasteiger charge is -2.37. The number of hydrogen-bond donors (Lipinski definition) is 0. The molecule has 28 heavy (non-hydrogen) atoms. The molecule has 152 valence electrons. The monoisotopic (exact) mass is 406 g/mol. The fourth-order valence-electron chi connectivity index (χ4n) is 4.06. The lowest BCUT2D eigenvalue weighted by molar-refractivity contribution is -0.145. The van der Waals surface area contributed by atoms with E-state index in [-0.39, 0.29) is 24.0 Å². The Kier molecular flexibility index (Phi) is 5.70. The first-order valence-electron chi connectivity index (χ1n) is 9.87. The van der Waals surface area contributed by atoms with Crippen LogP contribution in [0.25, 0.3) is 6.08 Å². The van der Waals surface area contributed by atoms with Gasteiger partial charge in [-0.2, -0.15) is 0 Å². The van der Waals surface area contributed by atoms with Crippen LogP contribution in [0.3, 0.4) is 0 Å². The van der Waals surface area contributed by atoms with Crippen LogP contribution in [0, 0.1) is 0 Å². The molecule has 0 saturated carbocycles. The molecule has 3 aliphatic rings. The Balaban J connectivity index is 1.42. The Morgan fingerprint density at radius 3 is 2.46 bits per heavy atom. The highest BCUT2D eigenvalue weighted by Gasteiger charge is 2.35. The molecule has 3 aliphatic heterocycles. The van der Waals surface area contributed by atoms with E-state index in [9.17, 15) is 13.2 Å². The van der Waals surface area contributed by atoms with Crippen molar-refractivity contribution in [2.45, 2.75) is 38.0 Å². The van der Waals surface area contributed by atoms with Crippen LogP contribution in [-0.4, -0.2) is 63.6 Å². The number of hydrogen-bond acceptors (Lipinski definition) is 5. The highest BCUT2D eigenvalue weighted by molar-refractivity contribution is 7.93. The third-order valence-corrected chi connectivity index (χ3v) is 7.36. The fraction of sp³-hybridized carbons (Fsp3) is 0.550. The molecule has 1 amide bonds. The molecule has 0 spiro atoms. The second-order valence-corrected chi connectivity index (χ2v) is 9.38. The summed E-state index contributed by atoms with van der Waals surface area (Å²) in [5.41, 5.74) is 1.53. The van der Waals surface area contributed by atoms with Crippen molar-refractivity contribution in [2.24, 2.45) is 0 Å². The van der Waals surface area contributed by atoms with E-state index < -0.39 is 10.0 Å². The summed E-state index contributed by atoms with van der Waals surface area (Å²) in [6.45, 7) is 2.40. The predicted molar refractivity (Wildman–Crippen MR) is 106 cm³/mol. The van der Waals surface area contributed by atoms with Gasteiger partial charge >= 0.3 is 0 Å². The van der Waals surface area contributed by atoms with Crippen molar-refractivity contribution in [3.8, 4) is 0 Å². The van der Waals surface area contributed by atoms with Gasteiger partial charge in [0.05, 0.1) is 30.7 Å². The Hall–Kier alpha value is -1.90. The maximum Gasteiger partial charge on any atom is 0.246 e. The van der Waals surface area contributed by atoms with Gasteiger partial charge in [0, 0.05) is 19.2 Å². The van der Waals surface area contributed by atoms with Crippen LogP contribution in [0.4, 0.5) is 5.69 Å². The average Bonchev–Trinajstić information content (AvgIpc) is 3.36. The largest absolute Gasteiger partial charge is 0.348 e. The molecule has 7 nitrogen and oxygen atoms in total. The normalized spacial score (nSPS) is 25.6. The number of carbonyl (C=O) groups excluding carboxylic acids is 1. The van der Waals surface area contributed by atoms with Crippen molar-refractivity contribution in [2.75, 3.05) is 36.4 Å². The van der Waals surface area contributed by atoms with Gasteiger partial charge in [0.1, 0.15) is 0 Å². The first kappa shape index (κ1) is 19.4. The fourth-order valence-corrected chi connectivity index (χ4v) is 5.62. The summed E-state index contributed by atoms with van der Waals surface area (Å²) in [7, 11) is -3.18. The molecule has 0 N–H and O–H groups in total. The van der Waals surface area contributed by atoms with E-state index in [2.05, 4.69) is 0 Å². The zero-order valence-electron chi connectivity index (χ0n) is 15.8. The predicted octanol–water partition coefficient (Wildman–Crippen LogP) is 1.99. The number of piperidine rings is 1. The molecule has 1 unspecified atom stereocenters. The number of amides is 1. The van der Waals surface area contributed by atoms with Crippen LogP contribution in [-0.2, 0) is 24.3 Å². The molecule has 0 aromatic heterocycles. The summed E-state index contributed by atoms with van der Waals surface area (Å²) in [4.78, 5) is 14.6. The third-order valence-electron chi connectivity index (χ3n) is 5.49. The van der Waals surface area contributed by atoms with Gasteiger partial charge in [-0.25, -0.2) is 8.42 Å². The molecule has 3 fully saturated rings. The van der Waals surface area contributed by atoms with Gasteiger partial charge in [-0.1, -0.05) is 12.1 Å². The molecule has 8 heteroatoms. The Morgan fingerprint density at radius 1 is 1.04 bits per heavy atom. The SMILES string of the molecule is O=C(/C=C/c1ccc(N2CCCS2(=O)=O)cc1)N1CCCCC1C1OCCO1. The smallest absolute Gasteiger partial charge is 0.246 e. The first-order valence-corrected chi connectivity index (χ1v) is 11.5. The van der Waals surface area contributed by atoms with Crippen LogP contribution in [0.15, 0.2) is 30.3 Å². The van der Waals surface area contributed by atoms with Gasteiger partial charge in [-0.05, 0) is 49.5 Å². The van der Waals surface area contributed by atoms with Gasteiger partial charge in [0.15, 0.2) is 6.29 Å². The number of ether oxygens (including phenoxy) is 2. The molecule has 3 heterocycles. The van der Waals surface area contributed by atoms with E-state index in [1.165, 1.54) is 4.31 Å². The molecule has 0 aliphatic carbocycles. The van der Waals surface area contributed by atoms with Crippen LogP contribution < -0.4 is 4.31 Å². The summed E-state index contributed by atoms with van der Waals surface area (Å²) in [5, 5.41) is 0. The number of benzene rings is 1. The number of rotatable bonds is 4. The van der Waals surface area contributed by atoms with Crippen LogP contribution in [0.2, 0.25) is 0 Å². The Morgan fingerprint density at radius 2 is 1.79 bits per heavy atom. The van der Waals surface area contributed by atoms with E-state index >= 15 is 0 Å². The molecule has 3 saturated heterocycles. The molecular formula is C20H26N2O5S. The lowest BCUT2D eigenvalue weighted by atomic mass is 10.0. The van der Waals surface area contributed by atoms with Crippen molar-refractivity contribution >= 4 is 27.7 Å². The molecule has 1 aromatic carbocycles. The molecular weight excluding hydrogens is 380 g/mol. The van der Waals surface area contributed by atoms with Crippen LogP contribution in [0.1, 0.15) is 31.2 Å². The summed E-state index contributed by atoms with van der Waals surface area (Å²) in [6.07, 6.45) is 6.64. The van der Waals surface area contributed by atoms with E-state index in [1.54, 1.807) is 24.3 Å². The summed E-state index contributed by atoms with van der Waals surface area (Å²) >= 11 is 0. The standard InChI is InChI=1S/C20H26N2O5S/c23-19(21-11-2-1-4-18(21)20-26-13-14-27-20)10-7-16-5-8-17(9-6-16)22-12-3-15-28(22,24)25/h5-10,18,20H,1-4,11-15H2/b10-7+. The number of likely N-dealkylation sites (tertiary alicyclic amines) is 1. The average molecular weight is 407 g/mol. The first-order chi connectivity index (χ1) is 13.5. The van der Waals surface area contributed by atoms with Crippen molar-refractivity contribution in [3.05, 3.63) is 35.9 Å². The molecule has 0 bridgehead atoms. The van der Waals surface area contributed by atoms with Crippen LogP contribution in [0.5, 0.6) is 0 Å². The zero-order valence-corrected chi connectivity index (χ0v) is 16.6. The van der Waals surface area contributed by atoms with Gasteiger partial charge in [0.2, 0.25) is 15.9 Å². The van der Waals surface area contributed by atoms with Crippen molar-refractivity contribution in [1.82, 2.24) is 4.90 Å². The van der Waals surface area contributed by atoms with E-state index in [0.29, 0.717) is 38.4 Å². The zero-order chi connectivity index (χ0) is 19.6. The van der Waals surface area contributed by atoms with Gasteiger partial charge < -0.3 is 14.4 Å². The molecule has 1 atom stereocenters. The second kappa shape index (κ2) is 8.23. The maximum atomic E-state index is 12.7. The van der Waals surface area contributed by atoms with E-state index in [0.717, 1.165) is 24.8 Å². The van der Waals surface area contributed by atoms with Crippen LogP contribution >= 0.6 is 0 Å². The number of carbonyl (C=O) groups is 1. The topological polar surface area (TPSA) is 76.2 Å². The van der Waals surface area contributed by atoms with Gasteiger partial charge in [-0.3, -0.25) is 9.10 Å². The number of anilines is 1. The lowest BCUT2D eigenvalue weighted by Crippen LogP contribution is -2.49. The molecule has 0 radical (unpaired) electrons. The highest BCUT2D eigenvalue weighted by Crippen LogP contribution is 2.26. The number of sulfonamides is 1. The van der Waals surface area contributed by atoms with E-state index in [1.807, 2.05) is 17.0 Å². The van der Waals surface area contributed by atoms with Crippen molar-refractivity contribution < 1.29 is 22.7 Å². The maximum absolute atomic E-state index is 12.7. The number of nitrogens with zero attached hydrogens (tertiary/aromatic N) is 2. The highest BCUT2D eigenvalue weighted by atomic mass is 32.2. The minimum Gasteiger partial charge on any atom is -0.348 e. The Labute approximate surface area is 166 Å². The summed E-state index contributed by atoms with van der Waals surface area (Å²) in [5.74, 6) is 0.157. The quantitative estimate of drug-likeness (QED) is 0.715. The van der Waals surface area contributed by atoms with E-state index in [4.69, 9.17) is 9.47 Å². The Bertz CT molecular complexity index is 831. The summed E-state index contributed by atoms with van der Waals surface area (Å²) in [6, 6.07) is 7.22. The minimum atomic E-state index is -3.18.